The van der Waals surface area contributed by atoms with Gasteiger partial charge in [0.15, 0.2) is 0 Å². The van der Waals surface area contributed by atoms with Crippen LogP contribution in [0, 0.1) is 0 Å². The van der Waals surface area contributed by atoms with E-state index in [0.717, 1.165) is 23.1 Å². The van der Waals surface area contributed by atoms with Gasteiger partial charge in [0.25, 0.3) is 0 Å². The molecule has 4 atom stereocenters. The monoisotopic (exact) mass is 486 g/mol. The summed E-state index contributed by atoms with van der Waals surface area (Å²) in [5, 5.41) is 19.5. The first-order valence-electron chi connectivity index (χ1n) is 12.3. The van der Waals surface area contributed by atoms with Crippen molar-refractivity contribution in [2.45, 2.75) is 71.5 Å². The molecule has 192 valence electrons. The number of hydrogen-bond donors (Lipinski definition) is 2. The van der Waals surface area contributed by atoms with E-state index >= 15 is 0 Å². The number of aliphatic hydroxyl groups is 2. The Morgan fingerprint density at radius 1 is 0.743 bits per heavy atom. The number of ether oxygens (including phenoxy) is 3. The van der Waals surface area contributed by atoms with Gasteiger partial charge in [-0.05, 0) is 73.8 Å². The SMILES string of the molecule is CC1CC(O)c2ccccc21.CCOC(=O)OCC.CCOC(=O)c1cccc2c1C(O)CC2C. The Hall–Kier alpha value is -2.90. The van der Waals surface area contributed by atoms with Crippen LogP contribution in [0.25, 0.3) is 0 Å². The molecule has 0 aliphatic heterocycles. The highest BCUT2D eigenvalue weighted by atomic mass is 16.7. The summed E-state index contributed by atoms with van der Waals surface area (Å²) in [5.41, 5.74) is 4.78. The van der Waals surface area contributed by atoms with E-state index in [4.69, 9.17) is 4.74 Å². The van der Waals surface area contributed by atoms with E-state index in [2.05, 4.69) is 29.4 Å². The Labute approximate surface area is 208 Å². The Kier molecular flexibility index (Phi) is 11.2. The average molecular weight is 487 g/mol. The molecule has 0 radical (unpaired) electrons. The molecular weight excluding hydrogens is 448 g/mol. The molecule has 35 heavy (non-hydrogen) atoms. The first-order valence-corrected chi connectivity index (χ1v) is 12.3. The standard InChI is InChI=1S/C13H16O3.C10H12O.C5H10O3/c1-3-16-13(15)10-6-4-5-9-8(2)7-11(14)12(9)10;1-7-6-10(11)9-5-3-2-4-8(7)9;1-3-7-5(6)8-4-2/h4-6,8,11,14H,3,7H2,1-2H3;2-5,7,10-11H,6H2,1H3;3-4H2,1-2H3. The normalized spacial score (nSPS) is 21.3. The summed E-state index contributed by atoms with van der Waals surface area (Å²) in [6.45, 7) is 10.6. The Morgan fingerprint density at radius 2 is 1.26 bits per heavy atom. The van der Waals surface area contributed by atoms with Gasteiger partial charge in [-0.2, -0.15) is 0 Å². The van der Waals surface area contributed by atoms with Gasteiger partial charge in [-0.3, -0.25) is 0 Å². The molecule has 4 unspecified atom stereocenters. The number of carbonyl (C=O) groups excluding carboxylic acids is 2. The zero-order valence-corrected chi connectivity index (χ0v) is 21.3. The minimum Gasteiger partial charge on any atom is -0.462 e. The van der Waals surface area contributed by atoms with E-state index in [1.807, 2.05) is 30.3 Å². The predicted molar refractivity (Wildman–Crippen MR) is 133 cm³/mol. The Morgan fingerprint density at radius 3 is 1.83 bits per heavy atom. The van der Waals surface area contributed by atoms with Crippen LogP contribution in [-0.2, 0) is 14.2 Å². The van der Waals surface area contributed by atoms with E-state index in [0.29, 0.717) is 43.6 Å². The van der Waals surface area contributed by atoms with Crippen molar-refractivity contribution in [2.24, 2.45) is 0 Å². The molecule has 2 aromatic rings. The fraction of sp³-hybridized carbons (Fsp3) is 0.500. The van der Waals surface area contributed by atoms with E-state index < -0.39 is 12.3 Å². The van der Waals surface area contributed by atoms with Crippen molar-refractivity contribution < 1.29 is 34.0 Å². The lowest BCUT2D eigenvalue weighted by Gasteiger charge is -2.10. The first kappa shape index (κ1) is 28.3. The molecule has 0 saturated heterocycles. The second-order valence-electron chi connectivity index (χ2n) is 8.58. The van der Waals surface area contributed by atoms with Crippen LogP contribution in [0.15, 0.2) is 42.5 Å². The highest BCUT2D eigenvalue weighted by Gasteiger charge is 2.31. The van der Waals surface area contributed by atoms with Crippen molar-refractivity contribution in [1.82, 2.24) is 0 Å². The van der Waals surface area contributed by atoms with E-state index in [-0.39, 0.29) is 12.1 Å². The van der Waals surface area contributed by atoms with Crippen LogP contribution in [0.1, 0.15) is 104 Å². The zero-order chi connectivity index (χ0) is 26.0. The van der Waals surface area contributed by atoms with E-state index in [9.17, 15) is 19.8 Å². The summed E-state index contributed by atoms with van der Waals surface area (Å²) in [4.78, 5) is 21.9. The fourth-order valence-electron chi connectivity index (χ4n) is 4.48. The second-order valence-corrected chi connectivity index (χ2v) is 8.58. The first-order chi connectivity index (χ1) is 16.7. The van der Waals surface area contributed by atoms with Crippen molar-refractivity contribution in [3.8, 4) is 0 Å². The van der Waals surface area contributed by atoms with Crippen LogP contribution in [-0.4, -0.2) is 42.2 Å². The molecule has 2 aliphatic carbocycles. The lowest BCUT2D eigenvalue weighted by molar-refractivity contribution is 0.0518. The molecular formula is C28H38O7. The molecule has 0 bridgehead atoms. The average Bonchev–Trinajstić information content (AvgIpc) is 3.30. The molecule has 0 fully saturated rings. The number of rotatable bonds is 4. The van der Waals surface area contributed by atoms with Gasteiger partial charge in [0, 0.05) is 0 Å². The van der Waals surface area contributed by atoms with Crippen molar-refractivity contribution in [3.05, 3.63) is 70.3 Å². The Bertz CT molecular complexity index is 937. The van der Waals surface area contributed by atoms with Crippen molar-refractivity contribution in [2.75, 3.05) is 19.8 Å². The van der Waals surface area contributed by atoms with Crippen LogP contribution in [0.2, 0.25) is 0 Å². The largest absolute Gasteiger partial charge is 0.508 e. The Balaban J connectivity index is 0.000000198. The highest BCUT2D eigenvalue weighted by Crippen LogP contribution is 2.42. The molecule has 0 spiro atoms. The summed E-state index contributed by atoms with van der Waals surface area (Å²) in [7, 11) is 0. The fourth-order valence-corrected chi connectivity index (χ4v) is 4.48. The number of esters is 1. The number of benzene rings is 2. The molecule has 7 heteroatoms. The van der Waals surface area contributed by atoms with Gasteiger partial charge in [0.1, 0.15) is 0 Å². The van der Waals surface area contributed by atoms with Gasteiger partial charge in [0.05, 0.1) is 37.6 Å². The number of carbonyl (C=O) groups is 2. The molecule has 2 N–H and O–H groups in total. The summed E-state index contributed by atoms with van der Waals surface area (Å²) in [5.74, 6) is 0.494. The van der Waals surface area contributed by atoms with Crippen molar-refractivity contribution in [3.63, 3.8) is 0 Å². The van der Waals surface area contributed by atoms with E-state index in [1.54, 1.807) is 26.8 Å². The molecule has 4 rings (SSSR count). The van der Waals surface area contributed by atoms with Gasteiger partial charge < -0.3 is 24.4 Å². The van der Waals surface area contributed by atoms with Gasteiger partial charge in [0.2, 0.25) is 0 Å². The molecule has 7 nitrogen and oxygen atoms in total. The van der Waals surface area contributed by atoms with Crippen LogP contribution in [0.3, 0.4) is 0 Å². The molecule has 0 saturated carbocycles. The zero-order valence-electron chi connectivity index (χ0n) is 21.3. The smallest absolute Gasteiger partial charge is 0.462 e. The summed E-state index contributed by atoms with van der Waals surface area (Å²) in [6, 6.07) is 13.7. The quantitative estimate of drug-likeness (QED) is 0.526. The van der Waals surface area contributed by atoms with Crippen LogP contribution >= 0.6 is 0 Å². The minimum atomic E-state index is -0.588. The number of fused-ring (bicyclic) bond motifs is 2. The molecule has 0 heterocycles. The van der Waals surface area contributed by atoms with Gasteiger partial charge in [-0.1, -0.05) is 50.2 Å². The van der Waals surface area contributed by atoms with Crippen LogP contribution < -0.4 is 0 Å². The predicted octanol–water partition coefficient (Wildman–Crippen LogP) is 5.81. The molecule has 0 aromatic heterocycles. The number of aliphatic hydroxyl groups excluding tert-OH is 2. The maximum atomic E-state index is 11.7. The number of hydrogen-bond acceptors (Lipinski definition) is 7. The van der Waals surface area contributed by atoms with Crippen molar-refractivity contribution >= 4 is 12.1 Å². The van der Waals surface area contributed by atoms with Crippen molar-refractivity contribution in [1.29, 1.82) is 0 Å². The molecule has 2 aromatic carbocycles. The highest BCUT2D eigenvalue weighted by molar-refractivity contribution is 5.92. The second kappa shape index (κ2) is 13.9. The minimum absolute atomic E-state index is 0.221. The third-order valence-corrected chi connectivity index (χ3v) is 6.06. The lowest BCUT2D eigenvalue weighted by Crippen LogP contribution is -2.09. The molecule has 2 aliphatic rings. The topological polar surface area (TPSA) is 102 Å². The van der Waals surface area contributed by atoms with Gasteiger partial charge >= 0.3 is 12.1 Å². The van der Waals surface area contributed by atoms with E-state index in [1.165, 1.54) is 5.56 Å². The lowest BCUT2D eigenvalue weighted by atomic mass is 9.99. The summed E-state index contributed by atoms with van der Waals surface area (Å²) >= 11 is 0. The summed E-state index contributed by atoms with van der Waals surface area (Å²) in [6.07, 6.45) is 0.229. The van der Waals surface area contributed by atoms with Gasteiger partial charge in [-0.25, -0.2) is 9.59 Å². The van der Waals surface area contributed by atoms with Crippen LogP contribution in [0.5, 0.6) is 0 Å². The third-order valence-electron chi connectivity index (χ3n) is 6.06. The van der Waals surface area contributed by atoms with Gasteiger partial charge in [-0.15, -0.1) is 0 Å². The maximum Gasteiger partial charge on any atom is 0.508 e. The van der Waals surface area contributed by atoms with Crippen LogP contribution in [0.4, 0.5) is 4.79 Å². The third kappa shape index (κ3) is 7.54. The maximum absolute atomic E-state index is 11.7. The summed E-state index contributed by atoms with van der Waals surface area (Å²) < 4.78 is 13.8. The molecule has 0 amide bonds.